The molecule has 0 saturated heterocycles. The first-order chi connectivity index (χ1) is 7.66. The maximum absolute atomic E-state index is 11.6. The number of rotatable bonds is 0. The number of fused-ring (bicyclic) bond motifs is 8. The van der Waals surface area contributed by atoms with Gasteiger partial charge in [-0.2, -0.15) is 0 Å². The molecule has 0 fully saturated rings. The van der Waals surface area contributed by atoms with E-state index in [9.17, 15) is 9.59 Å². The molecule has 2 aliphatic rings. The third-order valence-corrected chi connectivity index (χ3v) is 2.42. The van der Waals surface area contributed by atoms with Gasteiger partial charge in [0, 0.05) is 6.42 Å². The zero-order valence-electron chi connectivity index (χ0n) is 8.93. The lowest BCUT2D eigenvalue weighted by molar-refractivity contribution is 0.0233. The first-order valence-corrected chi connectivity index (χ1v) is 5.15. The summed E-state index contributed by atoms with van der Waals surface area (Å²) in [5.41, 5.74) is 0.899. The van der Waals surface area contributed by atoms with Crippen LogP contribution >= 0.6 is 0 Å². The van der Waals surface area contributed by atoms with Gasteiger partial charge in [0.25, 0.3) is 0 Å². The minimum Gasteiger partial charge on any atom is -0.462 e. The quantitative estimate of drug-likeness (QED) is 0.625. The largest absolute Gasteiger partial charge is 0.462 e. The van der Waals surface area contributed by atoms with Crippen LogP contribution in [0.15, 0.2) is 24.3 Å². The van der Waals surface area contributed by atoms with Crippen molar-refractivity contribution in [2.24, 2.45) is 0 Å². The molecule has 1 aromatic rings. The lowest BCUT2D eigenvalue weighted by atomic mass is 10.1. The van der Waals surface area contributed by atoms with Crippen molar-refractivity contribution in [3.63, 3.8) is 0 Å². The first kappa shape index (κ1) is 10.7. The van der Waals surface area contributed by atoms with Gasteiger partial charge in [0.1, 0.15) is 6.10 Å². The molecule has 3 rings (SSSR count). The zero-order valence-corrected chi connectivity index (χ0v) is 8.93. The highest BCUT2D eigenvalue weighted by atomic mass is 16.6. The molecule has 0 saturated carbocycles. The smallest absolute Gasteiger partial charge is 0.338 e. The van der Waals surface area contributed by atoms with Gasteiger partial charge in [0.05, 0.1) is 17.7 Å². The molecule has 2 heterocycles. The number of hydrogen-bond acceptors (Lipinski definition) is 4. The van der Waals surface area contributed by atoms with Crippen LogP contribution in [0.3, 0.4) is 0 Å². The fourth-order valence-electron chi connectivity index (χ4n) is 1.45. The Balaban J connectivity index is 2.31. The summed E-state index contributed by atoms with van der Waals surface area (Å²) in [5, 5.41) is 0. The van der Waals surface area contributed by atoms with E-state index in [0.717, 1.165) is 0 Å². The molecule has 16 heavy (non-hydrogen) atoms. The van der Waals surface area contributed by atoms with Gasteiger partial charge in [-0.1, -0.05) is 0 Å². The number of esters is 2. The second kappa shape index (κ2) is 4.35. The molecule has 0 amide bonds. The predicted molar refractivity (Wildman–Crippen MR) is 56.2 cm³/mol. The summed E-state index contributed by atoms with van der Waals surface area (Å²) in [6, 6.07) is 6.26. The molecule has 4 nitrogen and oxygen atoms in total. The molecular formula is C12H12O4. The van der Waals surface area contributed by atoms with Crippen LogP contribution in [0, 0.1) is 0 Å². The van der Waals surface area contributed by atoms with Crippen molar-refractivity contribution in [3.05, 3.63) is 35.4 Å². The van der Waals surface area contributed by atoms with Gasteiger partial charge in [0.15, 0.2) is 0 Å². The number of carbonyl (C=O) groups is 2. The fraction of sp³-hybridized carbons (Fsp3) is 0.333. The van der Waals surface area contributed by atoms with E-state index in [1.165, 1.54) is 0 Å². The Kier molecular flexibility index (Phi) is 2.90. The zero-order chi connectivity index (χ0) is 11.5. The summed E-state index contributed by atoms with van der Waals surface area (Å²) in [6.07, 6.45) is 0.259. The SMILES string of the molecule is CC1CCOC(=O)c2ccc(cc2)C(=O)O1. The Labute approximate surface area is 93.2 Å². The maximum atomic E-state index is 11.6. The second-order valence-electron chi connectivity index (χ2n) is 3.72. The van der Waals surface area contributed by atoms with E-state index < -0.39 is 0 Å². The number of ether oxygens (including phenoxy) is 2. The molecule has 2 aliphatic heterocycles. The van der Waals surface area contributed by atoms with Gasteiger partial charge in [-0.3, -0.25) is 0 Å². The Morgan fingerprint density at radius 1 is 1.06 bits per heavy atom. The Hall–Kier alpha value is -1.84. The van der Waals surface area contributed by atoms with Crippen molar-refractivity contribution >= 4 is 11.9 Å². The summed E-state index contributed by atoms with van der Waals surface area (Å²) in [6.45, 7) is 2.03. The minimum absolute atomic E-state index is 0.253. The van der Waals surface area contributed by atoms with Crippen LogP contribution in [0.1, 0.15) is 34.1 Å². The first-order valence-electron chi connectivity index (χ1n) is 5.15. The van der Waals surface area contributed by atoms with Crippen LogP contribution in [0.2, 0.25) is 0 Å². The molecule has 4 heteroatoms. The Morgan fingerprint density at radius 2 is 1.62 bits per heavy atom. The molecule has 1 aromatic carbocycles. The van der Waals surface area contributed by atoms with Gasteiger partial charge >= 0.3 is 11.9 Å². The topological polar surface area (TPSA) is 52.6 Å². The lowest BCUT2D eigenvalue weighted by Crippen LogP contribution is -2.17. The van der Waals surface area contributed by atoms with Crippen LogP contribution in [0.25, 0.3) is 0 Å². The summed E-state index contributed by atoms with van der Waals surface area (Å²) < 4.78 is 10.2. The summed E-state index contributed by atoms with van der Waals surface area (Å²) in [4.78, 5) is 23.1. The fourth-order valence-corrected chi connectivity index (χ4v) is 1.45. The molecule has 84 valence electrons. The van der Waals surface area contributed by atoms with Gasteiger partial charge in [-0.25, -0.2) is 9.59 Å². The van der Waals surface area contributed by atoms with Crippen molar-refractivity contribution in [3.8, 4) is 0 Å². The Morgan fingerprint density at radius 3 is 2.25 bits per heavy atom. The van der Waals surface area contributed by atoms with Crippen LogP contribution in [-0.2, 0) is 9.47 Å². The third-order valence-electron chi connectivity index (χ3n) is 2.42. The van der Waals surface area contributed by atoms with Gasteiger partial charge < -0.3 is 9.47 Å². The van der Waals surface area contributed by atoms with Crippen molar-refractivity contribution in [1.82, 2.24) is 0 Å². The van der Waals surface area contributed by atoms with E-state index >= 15 is 0 Å². The maximum Gasteiger partial charge on any atom is 0.338 e. The molecule has 1 atom stereocenters. The molecule has 0 aromatic heterocycles. The standard InChI is InChI=1S/C12H12O4/c1-8-6-7-15-11(13)9-2-4-10(5-3-9)12(14)16-8/h2-5,8H,6-7H2,1H3. The summed E-state index contributed by atoms with van der Waals surface area (Å²) in [7, 11) is 0. The van der Waals surface area contributed by atoms with E-state index in [1.807, 2.05) is 0 Å². The molecule has 1 unspecified atom stereocenters. The van der Waals surface area contributed by atoms with E-state index in [-0.39, 0.29) is 24.6 Å². The molecule has 0 N–H and O–H groups in total. The average Bonchev–Trinajstić information content (AvgIpc) is 2.31. The Bertz CT molecular complexity index is 408. The summed E-state index contributed by atoms with van der Waals surface area (Å²) >= 11 is 0. The highest BCUT2D eigenvalue weighted by molar-refractivity contribution is 5.93. The second-order valence-corrected chi connectivity index (χ2v) is 3.72. The number of carbonyl (C=O) groups excluding carboxylic acids is 2. The monoisotopic (exact) mass is 220 g/mol. The van der Waals surface area contributed by atoms with Crippen LogP contribution < -0.4 is 0 Å². The number of hydrogen-bond donors (Lipinski definition) is 0. The van der Waals surface area contributed by atoms with E-state index in [1.54, 1.807) is 31.2 Å². The summed E-state index contributed by atoms with van der Waals surface area (Å²) in [5.74, 6) is -0.735. The van der Waals surface area contributed by atoms with Gasteiger partial charge in [0.2, 0.25) is 0 Å². The third kappa shape index (κ3) is 2.21. The van der Waals surface area contributed by atoms with Crippen LogP contribution in [0.4, 0.5) is 0 Å². The van der Waals surface area contributed by atoms with E-state index in [0.29, 0.717) is 17.5 Å². The molecule has 0 aliphatic carbocycles. The molecular weight excluding hydrogens is 208 g/mol. The van der Waals surface area contributed by atoms with Crippen LogP contribution in [-0.4, -0.2) is 24.6 Å². The van der Waals surface area contributed by atoms with Crippen molar-refractivity contribution in [2.45, 2.75) is 19.4 Å². The van der Waals surface area contributed by atoms with Crippen molar-refractivity contribution in [1.29, 1.82) is 0 Å². The van der Waals surface area contributed by atoms with Gasteiger partial charge in [-0.05, 0) is 31.2 Å². The van der Waals surface area contributed by atoms with E-state index in [4.69, 9.17) is 9.47 Å². The molecule has 2 bridgehead atoms. The normalized spacial score (nSPS) is 20.9. The number of benzene rings is 1. The van der Waals surface area contributed by atoms with Crippen molar-refractivity contribution in [2.75, 3.05) is 6.61 Å². The lowest BCUT2D eigenvalue weighted by Gasteiger charge is -2.11. The van der Waals surface area contributed by atoms with Gasteiger partial charge in [-0.15, -0.1) is 0 Å². The highest BCUT2D eigenvalue weighted by Crippen LogP contribution is 2.12. The van der Waals surface area contributed by atoms with Crippen molar-refractivity contribution < 1.29 is 19.1 Å². The van der Waals surface area contributed by atoms with Crippen LogP contribution in [0.5, 0.6) is 0 Å². The molecule has 0 radical (unpaired) electrons. The minimum atomic E-state index is -0.368. The van der Waals surface area contributed by atoms with E-state index in [2.05, 4.69) is 0 Å². The average molecular weight is 220 g/mol. The predicted octanol–water partition coefficient (Wildman–Crippen LogP) is 1.79. The molecule has 0 spiro atoms. The highest BCUT2D eigenvalue weighted by Gasteiger charge is 2.16.